The van der Waals surface area contributed by atoms with Gasteiger partial charge >= 0.3 is 0 Å². The van der Waals surface area contributed by atoms with E-state index < -0.39 is 0 Å². The second-order valence-corrected chi connectivity index (χ2v) is 6.83. The van der Waals surface area contributed by atoms with E-state index in [0.717, 1.165) is 47.2 Å². The molecule has 23 heavy (non-hydrogen) atoms. The molecule has 0 spiro atoms. The second kappa shape index (κ2) is 7.04. The van der Waals surface area contributed by atoms with Gasteiger partial charge in [0.25, 0.3) is 0 Å². The molecule has 1 aromatic heterocycles. The number of para-hydroxylation sites is 1. The lowest BCUT2D eigenvalue weighted by Gasteiger charge is -2.25. The summed E-state index contributed by atoms with van der Waals surface area (Å²) in [5, 5.41) is 4.61. The van der Waals surface area contributed by atoms with E-state index in [1.54, 1.807) is 6.08 Å². The van der Waals surface area contributed by atoms with E-state index in [1.807, 2.05) is 71.6 Å². The predicted octanol–water partition coefficient (Wildman–Crippen LogP) is 3.08. The molecule has 1 aliphatic rings. The number of nitrogens with zero attached hydrogens (tertiary/aromatic N) is 3. The number of aryl methyl sites for hydroxylation is 1. The van der Waals surface area contributed by atoms with Crippen molar-refractivity contribution in [3.05, 3.63) is 53.4 Å². The van der Waals surface area contributed by atoms with Gasteiger partial charge in [-0.1, -0.05) is 18.2 Å². The summed E-state index contributed by atoms with van der Waals surface area (Å²) >= 11 is 1.91. The molecule has 0 saturated carbocycles. The van der Waals surface area contributed by atoms with Gasteiger partial charge in [0.1, 0.15) is 0 Å². The van der Waals surface area contributed by atoms with Crippen LogP contribution in [0.5, 0.6) is 0 Å². The molecule has 0 radical (unpaired) electrons. The number of rotatable bonds is 3. The van der Waals surface area contributed by atoms with Crippen molar-refractivity contribution in [1.29, 1.82) is 0 Å². The van der Waals surface area contributed by atoms with Gasteiger partial charge in [-0.05, 0) is 32.1 Å². The van der Waals surface area contributed by atoms with Gasteiger partial charge in [-0.25, -0.2) is 4.68 Å². The highest BCUT2D eigenvalue weighted by Crippen LogP contribution is 2.19. The summed E-state index contributed by atoms with van der Waals surface area (Å²) in [6.07, 6.45) is 3.59. The molecule has 1 saturated heterocycles. The minimum absolute atomic E-state index is 0.0940. The van der Waals surface area contributed by atoms with Crippen LogP contribution in [0, 0.1) is 13.8 Å². The fraction of sp³-hybridized carbons (Fsp3) is 0.333. The molecule has 0 aliphatic carbocycles. The smallest absolute Gasteiger partial charge is 0.246 e. The zero-order valence-electron chi connectivity index (χ0n) is 13.5. The van der Waals surface area contributed by atoms with Gasteiger partial charge in [0.15, 0.2) is 0 Å². The molecule has 2 heterocycles. The Kier molecular flexibility index (Phi) is 4.86. The first kappa shape index (κ1) is 15.9. The topological polar surface area (TPSA) is 38.1 Å². The van der Waals surface area contributed by atoms with Crippen LogP contribution in [-0.4, -0.2) is 45.2 Å². The summed E-state index contributed by atoms with van der Waals surface area (Å²) in [5.74, 6) is 2.16. The number of carbonyl (C=O) groups is 1. The molecule has 3 rings (SSSR count). The SMILES string of the molecule is Cc1nn(-c2ccccc2)c(C)c1/C=C\C(=O)N1CCSCC1. The van der Waals surface area contributed by atoms with Crippen molar-refractivity contribution in [2.24, 2.45) is 0 Å². The summed E-state index contributed by atoms with van der Waals surface area (Å²) in [5.41, 5.74) is 4.04. The van der Waals surface area contributed by atoms with Gasteiger partial charge in [-0.3, -0.25) is 4.79 Å². The van der Waals surface area contributed by atoms with Crippen molar-refractivity contribution < 1.29 is 4.79 Å². The zero-order valence-corrected chi connectivity index (χ0v) is 14.3. The van der Waals surface area contributed by atoms with Crippen LogP contribution in [0.1, 0.15) is 17.0 Å². The van der Waals surface area contributed by atoms with Crippen LogP contribution < -0.4 is 0 Å². The molecule has 5 heteroatoms. The summed E-state index contributed by atoms with van der Waals surface area (Å²) in [6, 6.07) is 10.1. The minimum Gasteiger partial charge on any atom is -0.338 e. The Bertz CT molecular complexity index is 715. The molecule has 1 fully saturated rings. The minimum atomic E-state index is 0.0940. The number of thioether (sulfide) groups is 1. The van der Waals surface area contributed by atoms with Gasteiger partial charge in [0, 0.05) is 41.9 Å². The average molecular weight is 327 g/mol. The van der Waals surface area contributed by atoms with Crippen molar-refractivity contribution >= 4 is 23.7 Å². The van der Waals surface area contributed by atoms with E-state index in [0.29, 0.717) is 0 Å². The van der Waals surface area contributed by atoms with Crippen LogP contribution in [0.3, 0.4) is 0 Å². The molecule has 120 valence electrons. The lowest BCUT2D eigenvalue weighted by molar-refractivity contribution is -0.125. The third-order valence-corrected chi connectivity index (χ3v) is 5.01. The Labute approximate surface area is 141 Å². The third kappa shape index (κ3) is 3.50. The first-order chi connectivity index (χ1) is 11.2. The Morgan fingerprint density at radius 1 is 1.17 bits per heavy atom. The molecule has 0 bridgehead atoms. The first-order valence-corrected chi connectivity index (χ1v) is 8.98. The van der Waals surface area contributed by atoms with Crippen molar-refractivity contribution in [1.82, 2.24) is 14.7 Å². The Hall–Kier alpha value is -2.01. The van der Waals surface area contributed by atoms with Gasteiger partial charge in [-0.2, -0.15) is 16.9 Å². The van der Waals surface area contributed by atoms with Crippen molar-refractivity contribution in [3.8, 4) is 5.69 Å². The zero-order chi connectivity index (χ0) is 16.2. The molecular weight excluding hydrogens is 306 g/mol. The van der Waals surface area contributed by atoms with Crippen LogP contribution in [-0.2, 0) is 4.79 Å². The number of amides is 1. The second-order valence-electron chi connectivity index (χ2n) is 5.60. The summed E-state index contributed by atoms with van der Waals surface area (Å²) < 4.78 is 1.93. The molecule has 2 aromatic rings. The number of hydrogen-bond donors (Lipinski definition) is 0. The summed E-state index contributed by atoms with van der Waals surface area (Å²) in [6.45, 7) is 5.70. The maximum atomic E-state index is 12.3. The van der Waals surface area contributed by atoms with Crippen molar-refractivity contribution in [3.63, 3.8) is 0 Å². The lowest BCUT2D eigenvalue weighted by Crippen LogP contribution is -2.36. The molecule has 4 nitrogen and oxygen atoms in total. The van der Waals surface area contributed by atoms with Crippen molar-refractivity contribution in [2.45, 2.75) is 13.8 Å². The monoisotopic (exact) mass is 327 g/mol. The molecule has 1 aliphatic heterocycles. The van der Waals surface area contributed by atoms with E-state index in [9.17, 15) is 4.79 Å². The van der Waals surface area contributed by atoms with Gasteiger partial charge in [0.05, 0.1) is 11.4 Å². The summed E-state index contributed by atoms with van der Waals surface area (Å²) in [4.78, 5) is 14.2. The molecule has 1 amide bonds. The quantitative estimate of drug-likeness (QED) is 0.813. The van der Waals surface area contributed by atoms with Crippen LogP contribution in [0.4, 0.5) is 0 Å². The van der Waals surface area contributed by atoms with Gasteiger partial charge < -0.3 is 4.90 Å². The Balaban J connectivity index is 1.82. The maximum Gasteiger partial charge on any atom is 0.246 e. The van der Waals surface area contributed by atoms with E-state index in [-0.39, 0.29) is 5.91 Å². The fourth-order valence-electron chi connectivity index (χ4n) is 2.76. The van der Waals surface area contributed by atoms with E-state index >= 15 is 0 Å². The standard InChI is InChI=1S/C18H21N3OS/c1-14-17(8-9-18(22)20-10-12-23-13-11-20)15(2)21(19-14)16-6-4-3-5-7-16/h3-9H,10-13H2,1-2H3/b9-8-. The third-order valence-electron chi connectivity index (χ3n) is 4.06. The normalized spacial score (nSPS) is 15.3. The molecular formula is C18H21N3OS. The van der Waals surface area contributed by atoms with Crippen LogP contribution in [0.25, 0.3) is 11.8 Å². The number of hydrogen-bond acceptors (Lipinski definition) is 3. The largest absolute Gasteiger partial charge is 0.338 e. The highest BCUT2D eigenvalue weighted by atomic mass is 32.2. The number of aromatic nitrogens is 2. The predicted molar refractivity (Wildman–Crippen MR) is 96.0 cm³/mol. The Morgan fingerprint density at radius 2 is 1.87 bits per heavy atom. The lowest BCUT2D eigenvalue weighted by atomic mass is 10.1. The van der Waals surface area contributed by atoms with Crippen LogP contribution >= 0.6 is 11.8 Å². The van der Waals surface area contributed by atoms with Gasteiger partial charge in [0.2, 0.25) is 5.91 Å². The molecule has 0 atom stereocenters. The number of carbonyl (C=O) groups excluding carboxylic acids is 1. The van der Waals surface area contributed by atoms with E-state index in [2.05, 4.69) is 5.10 Å². The fourth-order valence-corrected chi connectivity index (χ4v) is 3.66. The molecule has 1 aromatic carbocycles. The van der Waals surface area contributed by atoms with Crippen molar-refractivity contribution in [2.75, 3.05) is 24.6 Å². The Morgan fingerprint density at radius 3 is 2.57 bits per heavy atom. The van der Waals surface area contributed by atoms with Crippen LogP contribution in [0.15, 0.2) is 36.4 Å². The molecule has 0 N–H and O–H groups in total. The first-order valence-electron chi connectivity index (χ1n) is 7.83. The van der Waals surface area contributed by atoms with Crippen LogP contribution in [0.2, 0.25) is 0 Å². The van der Waals surface area contributed by atoms with E-state index in [4.69, 9.17) is 0 Å². The summed E-state index contributed by atoms with van der Waals surface area (Å²) in [7, 11) is 0. The average Bonchev–Trinajstić information content (AvgIpc) is 2.88. The highest BCUT2D eigenvalue weighted by Gasteiger charge is 2.15. The van der Waals surface area contributed by atoms with Gasteiger partial charge in [-0.15, -0.1) is 0 Å². The molecule has 0 unspecified atom stereocenters. The highest BCUT2D eigenvalue weighted by molar-refractivity contribution is 7.99. The maximum absolute atomic E-state index is 12.3. The number of benzene rings is 1. The van der Waals surface area contributed by atoms with E-state index in [1.165, 1.54) is 0 Å².